The summed E-state index contributed by atoms with van der Waals surface area (Å²) in [6.07, 6.45) is 0. The lowest BCUT2D eigenvalue weighted by molar-refractivity contribution is -0.124. The Bertz CT molecular complexity index is 340. The molecule has 0 aliphatic carbocycles. The molecule has 1 aromatic rings. The summed E-state index contributed by atoms with van der Waals surface area (Å²) in [6.45, 7) is 5.49. The van der Waals surface area contributed by atoms with Crippen molar-refractivity contribution < 1.29 is 9.90 Å². The first-order valence-electron chi connectivity index (χ1n) is 5.01. The molecule has 3 nitrogen and oxygen atoms in total. The van der Waals surface area contributed by atoms with Crippen LogP contribution in [-0.4, -0.2) is 17.6 Å². The van der Waals surface area contributed by atoms with Gasteiger partial charge >= 0.3 is 0 Å². The molecule has 1 amide bonds. The molecule has 0 aliphatic heterocycles. The first-order chi connectivity index (χ1) is 7.02. The van der Waals surface area contributed by atoms with E-state index in [9.17, 15) is 4.79 Å². The predicted octanol–water partition coefficient (Wildman–Crippen LogP) is 1.47. The minimum absolute atomic E-state index is 0.0664. The van der Waals surface area contributed by atoms with Crippen molar-refractivity contribution in [3.63, 3.8) is 0 Å². The molecule has 15 heavy (non-hydrogen) atoms. The molecular weight excluding hydrogens is 190 g/mol. The zero-order valence-electron chi connectivity index (χ0n) is 9.37. The molecule has 1 unspecified atom stereocenters. The van der Waals surface area contributed by atoms with E-state index in [-0.39, 0.29) is 11.9 Å². The van der Waals surface area contributed by atoms with Gasteiger partial charge in [0, 0.05) is 0 Å². The SMILES string of the molecule is Cc1cc(C)cc(C(C)NC(=O)CO)c1. The summed E-state index contributed by atoms with van der Waals surface area (Å²) in [5, 5.41) is 11.3. The van der Waals surface area contributed by atoms with Crippen LogP contribution in [0.3, 0.4) is 0 Å². The van der Waals surface area contributed by atoms with Crippen LogP contribution in [0, 0.1) is 13.8 Å². The van der Waals surface area contributed by atoms with E-state index in [4.69, 9.17) is 5.11 Å². The van der Waals surface area contributed by atoms with Gasteiger partial charge in [0.15, 0.2) is 0 Å². The van der Waals surface area contributed by atoms with E-state index in [1.54, 1.807) is 0 Å². The minimum Gasteiger partial charge on any atom is -0.387 e. The molecule has 0 aromatic heterocycles. The van der Waals surface area contributed by atoms with Crippen molar-refractivity contribution in [2.75, 3.05) is 6.61 Å². The van der Waals surface area contributed by atoms with Crippen molar-refractivity contribution in [1.82, 2.24) is 5.32 Å². The summed E-state index contributed by atoms with van der Waals surface area (Å²) in [5.41, 5.74) is 3.42. The molecule has 1 rings (SSSR count). The maximum Gasteiger partial charge on any atom is 0.246 e. The van der Waals surface area contributed by atoms with Crippen molar-refractivity contribution in [3.05, 3.63) is 34.9 Å². The highest BCUT2D eigenvalue weighted by atomic mass is 16.3. The van der Waals surface area contributed by atoms with Crippen molar-refractivity contribution in [1.29, 1.82) is 0 Å². The fourth-order valence-electron chi connectivity index (χ4n) is 1.63. The zero-order chi connectivity index (χ0) is 11.4. The normalized spacial score (nSPS) is 12.3. The maximum atomic E-state index is 11.0. The third-order valence-corrected chi connectivity index (χ3v) is 2.27. The second kappa shape index (κ2) is 4.94. The molecule has 0 saturated carbocycles. The predicted molar refractivity (Wildman–Crippen MR) is 59.6 cm³/mol. The lowest BCUT2D eigenvalue weighted by Gasteiger charge is -2.14. The van der Waals surface area contributed by atoms with Gasteiger partial charge < -0.3 is 10.4 Å². The number of hydrogen-bond donors (Lipinski definition) is 2. The Balaban J connectivity index is 2.81. The van der Waals surface area contributed by atoms with E-state index in [0.29, 0.717) is 0 Å². The van der Waals surface area contributed by atoms with Gasteiger partial charge in [0.1, 0.15) is 6.61 Å². The summed E-state index contributed by atoms with van der Waals surface area (Å²) in [4.78, 5) is 11.0. The Morgan fingerprint density at radius 1 is 1.33 bits per heavy atom. The van der Waals surface area contributed by atoms with Crippen molar-refractivity contribution in [2.24, 2.45) is 0 Å². The van der Waals surface area contributed by atoms with E-state index in [1.165, 1.54) is 11.1 Å². The Morgan fingerprint density at radius 3 is 2.33 bits per heavy atom. The molecule has 2 N–H and O–H groups in total. The fraction of sp³-hybridized carbons (Fsp3) is 0.417. The molecular formula is C12H17NO2. The highest BCUT2D eigenvalue weighted by Gasteiger charge is 2.08. The zero-order valence-corrected chi connectivity index (χ0v) is 9.37. The molecule has 82 valence electrons. The van der Waals surface area contributed by atoms with Crippen LogP contribution in [-0.2, 0) is 4.79 Å². The van der Waals surface area contributed by atoms with Gasteiger partial charge in [-0.15, -0.1) is 0 Å². The van der Waals surface area contributed by atoms with Gasteiger partial charge in [-0.05, 0) is 26.3 Å². The van der Waals surface area contributed by atoms with Crippen LogP contribution < -0.4 is 5.32 Å². The second-order valence-corrected chi connectivity index (χ2v) is 3.87. The standard InChI is InChI=1S/C12H17NO2/c1-8-4-9(2)6-11(5-8)10(3)13-12(15)7-14/h4-6,10,14H,7H2,1-3H3,(H,13,15). The highest BCUT2D eigenvalue weighted by molar-refractivity contribution is 5.77. The lowest BCUT2D eigenvalue weighted by Crippen LogP contribution is -2.29. The van der Waals surface area contributed by atoms with Gasteiger partial charge in [-0.3, -0.25) is 4.79 Å². The Hall–Kier alpha value is -1.35. The number of aliphatic hydroxyl groups is 1. The maximum absolute atomic E-state index is 11.0. The van der Waals surface area contributed by atoms with Gasteiger partial charge in [0.2, 0.25) is 5.91 Å². The van der Waals surface area contributed by atoms with Gasteiger partial charge in [-0.25, -0.2) is 0 Å². The van der Waals surface area contributed by atoms with Crippen molar-refractivity contribution >= 4 is 5.91 Å². The summed E-state index contributed by atoms with van der Waals surface area (Å²) >= 11 is 0. The fourth-order valence-corrected chi connectivity index (χ4v) is 1.63. The molecule has 0 fully saturated rings. The quantitative estimate of drug-likeness (QED) is 0.788. The molecule has 0 bridgehead atoms. The number of nitrogens with one attached hydrogen (secondary N) is 1. The number of carbonyl (C=O) groups is 1. The van der Waals surface area contributed by atoms with Gasteiger partial charge in [-0.1, -0.05) is 29.3 Å². The van der Waals surface area contributed by atoms with Crippen LogP contribution in [0.15, 0.2) is 18.2 Å². The monoisotopic (exact) mass is 207 g/mol. The van der Waals surface area contributed by atoms with E-state index < -0.39 is 6.61 Å². The number of hydrogen-bond acceptors (Lipinski definition) is 2. The Kier molecular flexibility index (Phi) is 3.86. The number of amides is 1. The van der Waals surface area contributed by atoms with Gasteiger partial charge in [0.25, 0.3) is 0 Å². The van der Waals surface area contributed by atoms with Crippen LogP contribution in [0.5, 0.6) is 0 Å². The van der Waals surface area contributed by atoms with E-state index >= 15 is 0 Å². The number of benzene rings is 1. The third kappa shape index (κ3) is 3.36. The first kappa shape index (κ1) is 11.7. The summed E-state index contributed by atoms with van der Waals surface area (Å²) in [5.74, 6) is -0.346. The lowest BCUT2D eigenvalue weighted by atomic mass is 10.0. The largest absolute Gasteiger partial charge is 0.387 e. The van der Waals surface area contributed by atoms with Gasteiger partial charge in [-0.2, -0.15) is 0 Å². The highest BCUT2D eigenvalue weighted by Crippen LogP contribution is 2.16. The number of aryl methyl sites for hydroxylation is 2. The molecule has 0 heterocycles. The number of carbonyl (C=O) groups excluding carboxylic acids is 1. The van der Waals surface area contributed by atoms with Crippen LogP contribution >= 0.6 is 0 Å². The molecule has 1 aromatic carbocycles. The van der Waals surface area contributed by atoms with Crippen molar-refractivity contribution in [2.45, 2.75) is 26.8 Å². The van der Waals surface area contributed by atoms with E-state index in [0.717, 1.165) is 5.56 Å². The molecule has 0 aliphatic rings. The van der Waals surface area contributed by atoms with Crippen molar-refractivity contribution in [3.8, 4) is 0 Å². The molecule has 0 radical (unpaired) electrons. The summed E-state index contributed by atoms with van der Waals surface area (Å²) < 4.78 is 0. The van der Waals surface area contributed by atoms with Gasteiger partial charge in [0.05, 0.1) is 6.04 Å². The third-order valence-electron chi connectivity index (χ3n) is 2.27. The minimum atomic E-state index is -0.463. The summed E-state index contributed by atoms with van der Waals surface area (Å²) in [6, 6.07) is 6.09. The molecule has 1 atom stereocenters. The van der Waals surface area contributed by atoms with E-state index in [1.807, 2.05) is 32.9 Å². The smallest absolute Gasteiger partial charge is 0.246 e. The Labute approximate surface area is 90.1 Å². The number of rotatable bonds is 3. The van der Waals surface area contributed by atoms with E-state index in [2.05, 4.69) is 11.4 Å². The average molecular weight is 207 g/mol. The second-order valence-electron chi connectivity index (χ2n) is 3.87. The molecule has 3 heteroatoms. The topological polar surface area (TPSA) is 49.3 Å². The summed E-state index contributed by atoms with van der Waals surface area (Å²) in [7, 11) is 0. The molecule has 0 saturated heterocycles. The first-order valence-corrected chi connectivity index (χ1v) is 5.01. The average Bonchev–Trinajstić information content (AvgIpc) is 2.16. The van der Waals surface area contributed by atoms with Crippen LogP contribution in [0.25, 0.3) is 0 Å². The Morgan fingerprint density at radius 2 is 1.87 bits per heavy atom. The van der Waals surface area contributed by atoms with Crippen LogP contribution in [0.2, 0.25) is 0 Å². The molecule has 0 spiro atoms. The number of aliphatic hydroxyl groups excluding tert-OH is 1. The van der Waals surface area contributed by atoms with Crippen LogP contribution in [0.4, 0.5) is 0 Å². The van der Waals surface area contributed by atoms with Crippen LogP contribution in [0.1, 0.15) is 29.7 Å².